The molecule has 0 spiro atoms. The second kappa shape index (κ2) is 6.94. The Balaban J connectivity index is 2.24. The largest absolute Gasteiger partial charge is 0.411 e. The van der Waals surface area contributed by atoms with Crippen LogP contribution in [0, 0.1) is 0 Å². The fourth-order valence-corrected chi connectivity index (χ4v) is 1.05. The average molecular weight is 236 g/mol. The first kappa shape index (κ1) is 12.6. The Labute approximate surface area is 97.5 Å². The van der Waals surface area contributed by atoms with E-state index < -0.39 is 5.91 Å². The Morgan fingerprint density at radius 3 is 2.76 bits per heavy atom. The second-order valence-corrected chi connectivity index (χ2v) is 3.01. The molecule has 7 nitrogen and oxygen atoms in total. The second-order valence-electron chi connectivity index (χ2n) is 3.01. The predicted octanol–water partition coefficient (Wildman–Crippen LogP) is -0.612. The minimum Gasteiger partial charge on any atom is -0.411 e. The van der Waals surface area contributed by atoms with Crippen LogP contribution in [-0.4, -0.2) is 41.3 Å². The van der Waals surface area contributed by atoms with Gasteiger partial charge in [0.2, 0.25) is 0 Å². The number of rotatable bonds is 5. The van der Waals surface area contributed by atoms with E-state index in [9.17, 15) is 9.59 Å². The fourth-order valence-electron chi connectivity index (χ4n) is 1.05. The summed E-state index contributed by atoms with van der Waals surface area (Å²) in [6.07, 6.45) is 2.26. The summed E-state index contributed by atoms with van der Waals surface area (Å²) < 4.78 is 0. The topological polar surface area (TPSA) is 104 Å². The van der Waals surface area contributed by atoms with Crippen LogP contribution in [0.2, 0.25) is 0 Å². The van der Waals surface area contributed by atoms with Crippen molar-refractivity contribution < 1.29 is 14.8 Å². The van der Waals surface area contributed by atoms with Crippen molar-refractivity contribution in [3.8, 4) is 0 Å². The molecule has 3 N–H and O–H groups in total. The minimum atomic E-state index is -0.528. The predicted molar refractivity (Wildman–Crippen MR) is 59.9 cm³/mol. The molecule has 17 heavy (non-hydrogen) atoms. The van der Waals surface area contributed by atoms with E-state index in [4.69, 9.17) is 5.21 Å². The number of oxime groups is 1. The van der Waals surface area contributed by atoms with Crippen LogP contribution in [0.3, 0.4) is 0 Å². The van der Waals surface area contributed by atoms with Gasteiger partial charge in [-0.1, -0.05) is 11.2 Å². The first-order valence-electron chi connectivity index (χ1n) is 4.88. The Morgan fingerprint density at radius 2 is 2.12 bits per heavy atom. The van der Waals surface area contributed by atoms with Crippen molar-refractivity contribution >= 4 is 18.0 Å². The molecule has 0 aliphatic carbocycles. The van der Waals surface area contributed by atoms with Gasteiger partial charge in [-0.3, -0.25) is 14.6 Å². The van der Waals surface area contributed by atoms with Gasteiger partial charge >= 0.3 is 0 Å². The Kier molecular flexibility index (Phi) is 5.15. The Bertz CT molecular complexity index is 405. The third-order valence-corrected chi connectivity index (χ3v) is 1.78. The van der Waals surface area contributed by atoms with Crippen LogP contribution in [0.5, 0.6) is 0 Å². The third-order valence-electron chi connectivity index (χ3n) is 1.78. The number of carbonyl (C=O) groups excluding carboxylic acids is 2. The molecule has 1 aromatic heterocycles. The van der Waals surface area contributed by atoms with E-state index in [2.05, 4.69) is 20.8 Å². The van der Waals surface area contributed by atoms with Gasteiger partial charge in [0.15, 0.2) is 0 Å². The maximum absolute atomic E-state index is 11.5. The van der Waals surface area contributed by atoms with Crippen molar-refractivity contribution in [2.45, 2.75) is 0 Å². The lowest BCUT2D eigenvalue weighted by molar-refractivity contribution is -0.114. The Hall–Kier alpha value is -2.44. The molecule has 0 radical (unpaired) electrons. The van der Waals surface area contributed by atoms with E-state index in [0.29, 0.717) is 5.69 Å². The summed E-state index contributed by atoms with van der Waals surface area (Å²) in [6.45, 7) is 0.504. The van der Waals surface area contributed by atoms with Gasteiger partial charge in [-0.15, -0.1) is 0 Å². The highest BCUT2D eigenvalue weighted by atomic mass is 16.4. The van der Waals surface area contributed by atoms with Gasteiger partial charge in [0.25, 0.3) is 11.8 Å². The average Bonchev–Trinajstić information content (AvgIpc) is 2.36. The normalized spacial score (nSPS) is 10.1. The zero-order chi connectivity index (χ0) is 12.5. The first-order valence-corrected chi connectivity index (χ1v) is 4.88. The summed E-state index contributed by atoms with van der Waals surface area (Å²) in [5.74, 6) is -0.838. The molecule has 0 bridgehead atoms. The summed E-state index contributed by atoms with van der Waals surface area (Å²) in [5.41, 5.74) is 0.316. The van der Waals surface area contributed by atoms with Crippen molar-refractivity contribution in [3.05, 3.63) is 30.1 Å². The van der Waals surface area contributed by atoms with Crippen molar-refractivity contribution in [2.75, 3.05) is 13.1 Å². The number of hydrogen-bond acceptors (Lipinski definition) is 5. The molecule has 1 aromatic rings. The molecule has 0 aromatic carbocycles. The van der Waals surface area contributed by atoms with Crippen molar-refractivity contribution in [1.82, 2.24) is 15.6 Å². The highest BCUT2D eigenvalue weighted by Crippen LogP contribution is 1.91. The minimum absolute atomic E-state index is 0.240. The van der Waals surface area contributed by atoms with E-state index in [-0.39, 0.29) is 19.0 Å². The molecule has 0 fully saturated rings. The number of pyridine rings is 1. The Morgan fingerprint density at radius 1 is 1.35 bits per heavy atom. The van der Waals surface area contributed by atoms with Gasteiger partial charge in [-0.25, -0.2) is 0 Å². The van der Waals surface area contributed by atoms with E-state index >= 15 is 0 Å². The SMILES string of the molecule is O=C(/C=N\O)NCCNC(=O)c1ccccn1. The van der Waals surface area contributed by atoms with Crippen molar-refractivity contribution in [2.24, 2.45) is 5.16 Å². The summed E-state index contributed by atoms with van der Waals surface area (Å²) in [4.78, 5) is 26.1. The maximum Gasteiger partial charge on any atom is 0.269 e. The maximum atomic E-state index is 11.5. The van der Waals surface area contributed by atoms with Crippen LogP contribution in [-0.2, 0) is 4.79 Å². The van der Waals surface area contributed by atoms with Crippen LogP contribution in [0.15, 0.2) is 29.6 Å². The highest BCUT2D eigenvalue weighted by Gasteiger charge is 2.04. The van der Waals surface area contributed by atoms with Crippen LogP contribution in [0.1, 0.15) is 10.5 Å². The first-order chi connectivity index (χ1) is 8.24. The number of aromatic nitrogens is 1. The molecule has 0 saturated carbocycles. The molecule has 90 valence electrons. The smallest absolute Gasteiger partial charge is 0.269 e. The summed E-state index contributed by atoms with van der Waals surface area (Å²) in [6, 6.07) is 5.01. The number of nitrogens with one attached hydrogen (secondary N) is 2. The lowest BCUT2D eigenvalue weighted by atomic mass is 10.3. The van der Waals surface area contributed by atoms with Gasteiger partial charge in [-0.05, 0) is 12.1 Å². The zero-order valence-corrected chi connectivity index (χ0v) is 8.96. The summed E-state index contributed by atoms with van der Waals surface area (Å²) in [5, 5.41) is 15.6. The van der Waals surface area contributed by atoms with Gasteiger partial charge < -0.3 is 15.8 Å². The standard InChI is InChI=1S/C10H12N4O3/c15-9(7-14-17)12-5-6-13-10(16)8-3-1-2-4-11-8/h1-4,7,17H,5-6H2,(H,12,15)(H,13,16)/b14-7-. The van der Waals surface area contributed by atoms with Gasteiger partial charge in [0.1, 0.15) is 11.9 Å². The van der Waals surface area contributed by atoms with Gasteiger partial charge in [0.05, 0.1) is 0 Å². The third kappa shape index (κ3) is 4.74. The van der Waals surface area contributed by atoms with Gasteiger partial charge in [-0.2, -0.15) is 0 Å². The highest BCUT2D eigenvalue weighted by molar-refractivity contribution is 6.25. The molecule has 0 unspecified atom stereocenters. The van der Waals surface area contributed by atoms with Crippen molar-refractivity contribution in [3.63, 3.8) is 0 Å². The molecule has 7 heteroatoms. The van der Waals surface area contributed by atoms with E-state index in [1.807, 2.05) is 0 Å². The number of hydrogen-bond donors (Lipinski definition) is 3. The monoisotopic (exact) mass is 236 g/mol. The summed E-state index contributed by atoms with van der Waals surface area (Å²) in [7, 11) is 0. The van der Waals surface area contributed by atoms with Crippen LogP contribution < -0.4 is 10.6 Å². The molecule has 0 aliphatic rings. The molecule has 0 aliphatic heterocycles. The summed E-state index contributed by atoms with van der Waals surface area (Å²) >= 11 is 0. The van der Waals surface area contributed by atoms with Crippen molar-refractivity contribution in [1.29, 1.82) is 0 Å². The molecular weight excluding hydrogens is 224 g/mol. The molecular formula is C10H12N4O3. The molecule has 1 heterocycles. The fraction of sp³-hybridized carbons (Fsp3) is 0.200. The van der Waals surface area contributed by atoms with E-state index in [0.717, 1.165) is 6.21 Å². The lowest BCUT2D eigenvalue weighted by Gasteiger charge is -2.04. The lowest BCUT2D eigenvalue weighted by Crippen LogP contribution is -2.35. The van der Waals surface area contributed by atoms with E-state index in [1.165, 1.54) is 6.20 Å². The number of nitrogens with zero attached hydrogens (tertiary/aromatic N) is 2. The van der Waals surface area contributed by atoms with E-state index in [1.54, 1.807) is 18.2 Å². The zero-order valence-electron chi connectivity index (χ0n) is 8.96. The quantitative estimate of drug-likeness (QED) is 0.274. The van der Waals surface area contributed by atoms with Crippen LogP contribution >= 0.6 is 0 Å². The number of carbonyl (C=O) groups is 2. The van der Waals surface area contributed by atoms with Crippen LogP contribution in [0.4, 0.5) is 0 Å². The molecule has 0 saturated heterocycles. The number of amides is 2. The molecule has 0 atom stereocenters. The van der Waals surface area contributed by atoms with Crippen LogP contribution in [0.25, 0.3) is 0 Å². The molecule has 2 amide bonds. The van der Waals surface area contributed by atoms with Gasteiger partial charge in [0, 0.05) is 19.3 Å². The molecule has 1 rings (SSSR count).